The Balaban J connectivity index is 2.10. The van der Waals surface area contributed by atoms with Gasteiger partial charge in [-0.05, 0) is 43.2 Å². The summed E-state index contributed by atoms with van der Waals surface area (Å²) in [6, 6.07) is 7.81. The number of methoxy groups -OCH3 is 2. The minimum absolute atomic E-state index is 0.0155. The van der Waals surface area contributed by atoms with E-state index in [9.17, 15) is 13.2 Å². The average molecular weight is 468 g/mol. The molecule has 2 aromatic rings. The summed E-state index contributed by atoms with van der Waals surface area (Å²) >= 11 is 3.37. The minimum Gasteiger partial charge on any atom is -0.572 e. The first-order chi connectivity index (χ1) is 13.2. The molecule has 0 aromatic heterocycles. The maximum absolute atomic E-state index is 13.2. The highest BCUT2D eigenvalue weighted by Crippen LogP contribution is 2.43. The van der Waals surface area contributed by atoms with Crippen LogP contribution >= 0.6 is 15.9 Å². The number of fused-ring (bicyclic) bond motifs is 1. The lowest BCUT2D eigenvalue weighted by molar-refractivity contribution is -0.116. The van der Waals surface area contributed by atoms with Gasteiger partial charge in [-0.2, -0.15) is 0 Å². The van der Waals surface area contributed by atoms with Gasteiger partial charge in [-0.3, -0.25) is 4.79 Å². The summed E-state index contributed by atoms with van der Waals surface area (Å²) in [4.78, 5) is 13.7. The number of amides is 1. The summed E-state index contributed by atoms with van der Waals surface area (Å²) in [6.07, 6.45) is 0.573. The second-order valence-corrected chi connectivity index (χ2v) is 8.98. The molecule has 1 heterocycles. The van der Waals surface area contributed by atoms with E-state index in [2.05, 4.69) is 20.7 Å². The number of benzene rings is 2. The second-order valence-electron chi connectivity index (χ2n) is 6.49. The molecule has 1 atom stereocenters. The molecular formula is C19H20BrN2O5S-. The summed E-state index contributed by atoms with van der Waals surface area (Å²) in [5, 5.41) is 0. The normalized spacial score (nSPS) is 15.9. The van der Waals surface area contributed by atoms with Crippen molar-refractivity contribution in [2.75, 3.05) is 19.1 Å². The number of nitrogens with zero attached hydrogens (tertiary/aromatic N) is 2. The zero-order chi connectivity index (χ0) is 20.6. The maximum atomic E-state index is 13.2. The Kier molecular flexibility index (Phi) is 5.58. The lowest BCUT2D eigenvalue weighted by atomic mass is 10.1. The minimum atomic E-state index is -4.11. The van der Waals surface area contributed by atoms with Crippen molar-refractivity contribution < 1.29 is 22.7 Å². The Labute approximate surface area is 172 Å². The molecule has 2 aromatic carbocycles. The highest BCUT2D eigenvalue weighted by Gasteiger charge is 2.33. The van der Waals surface area contributed by atoms with Crippen molar-refractivity contribution in [2.45, 2.75) is 31.2 Å². The third kappa shape index (κ3) is 3.81. The van der Waals surface area contributed by atoms with E-state index >= 15 is 0 Å². The maximum Gasteiger partial charge on any atom is 0.224 e. The standard InChI is InChI=1S/C19H20BrN2O5S/c1-11-5-13-6-14(20)7-18(19(13)22(11)12(2)23)28(24,25)21-15-8-16(26-3)10-17(9-15)27-4/h6-11H,5H2,1-4H3/q-1. The van der Waals surface area contributed by atoms with Gasteiger partial charge in [-0.1, -0.05) is 15.9 Å². The molecule has 7 nitrogen and oxygen atoms in total. The predicted molar refractivity (Wildman–Crippen MR) is 110 cm³/mol. The first-order valence-electron chi connectivity index (χ1n) is 8.49. The van der Waals surface area contributed by atoms with E-state index in [-0.39, 0.29) is 22.5 Å². The first-order valence-corrected chi connectivity index (χ1v) is 10.7. The molecule has 1 amide bonds. The van der Waals surface area contributed by atoms with E-state index in [0.717, 1.165) is 5.56 Å². The molecule has 0 bridgehead atoms. The van der Waals surface area contributed by atoms with Gasteiger partial charge in [0, 0.05) is 23.5 Å². The van der Waals surface area contributed by atoms with Crippen molar-refractivity contribution in [2.24, 2.45) is 0 Å². The number of hydrogen-bond acceptors (Lipinski definition) is 5. The molecule has 0 saturated heterocycles. The van der Waals surface area contributed by atoms with Gasteiger partial charge in [0.2, 0.25) is 5.91 Å². The summed E-state index contributed by atoms with van der Waals surface area (Å²) in [5.41, 5.74) is 1.35. The van der Waals surface area contributed by atoms with Crippen LogP contribution in [0, 0.1) is 0 Å². The van der Waals surface area contributed by atoms with Crippen LogP contribution in [0.1, 0.15) is 19.4 Å². The zero-order valence-corrected chi connectivity index (χ0v) is 18.3. The second kappa shape index (κ2) is 7.63. The number of anilines is 1. The molecule has 0 N–H and O–H groups in total. The largest absolute Gasteiger partial charge is 0.572 e. The van der Waals surface area contributed by atoms with Crippen LogP contribution < -0.4 is 14.4 Å². The fourth-order valence-electron chi connectivity index (χ4n) is 3.38. The van der Waals surface area contributed by atoms with Crippen LogP contribution in [0.4, 0.5) is 11.4 Å². The van der Waals surface area contributed by atoms with Crippen molar-refractivity contribution in [3.8, 4) is 11.5 Å². The van der Waals surface area contributed by atoms with Gasteiger partial charge in [0.25, 0.3) is 0 Å². The molecule has 150 valence electrons. The van der Waals surface area contributed by atoms with Crippen LogP contribution in [0.5, 0.6) is 11.5 Å². The Morgan fingerprint density at radius 2 is 1.75 bits per heavy atom. The van der Waals surface area contributed by atoms with E-state index in [1.54, 1.807) is 6.07 Å². The third-order valence-corrected chi connectivity index (χ3v) is 6.27. The fourth-order valence-corrected chi connectivity index (χ4v) is 5.27. The monoisotopic (exact) mass is 467 g/mol. The smallest absolute Gasteiger partial charge is 0.224 e. The molecule has 1 aliphatic rings. The Bertz CT molecular complexity index is 1020. The topological polar surface area (TPSA) is 87.0 Å². The Morgan fingerprint density at radius 1 is 1.14 bits per heavy atom. The van der Waals surface area contributed by atoms with E-state index in [4.69, 9.17) is 9.47 Å². The van der Waals surface area contributed by atoms with E-state index < -0.39 is 10.0 Å². The predicted octanol–water partition coefficient (Wildman–Crippen LogP) is 4.16. The van der Waals surface area contributed by atoms with E-state index in [1.165, 1.54) is 44.2 Å². The molecule has 28 heavy (non-hydrogen) atoms. The number of rotatable bonds is 5. The Hall–Kier alpha value is -2.26. The average Bonchev–Trinajstić information content (AvgIpc) is 2.95. The van der Waals surface area contributed by atoms with Crippen LogP contribution in [0.2, 0.25) is 0 Å². The van der Waals surface area contributed by atoms with Gasteiger partial charge in [0.05, 0.1) is 24.8 Å². The number of halogens is 1. The molecule has 0 radical (unpaired) electrons. The molecular weight excluding hydrogens is 448 g/mol. The quantitative estimate of drug-likeness (QED) is 0.658. The molecule has 1 unspecified atom stereocenters. The summed E-state index contributed by atoms with van der Waals surface area (Å²) in [5.74, 6) is 0.631. The van der Waals surface area contributed by atoms with Gasteiger partial charge in [-0.25, -0.2) is 8.42 Å². The van der Waals surface area contributed by atoms with Crippen molar-refractivity contribution in [3.63, 3.8) is 0 Å². The number of carbonyl (C=O) groups is 1. The van der Waals surface area contributed by atoms with Gasteiger partial charge < -0.3 is 19.1 Å². The lowest BCUT2D eigenvalue weighted by Crippen LogP contribution is -2.34. The van der Waals surface area contributed by atoms with Gasteiger partial charge >= 0.3 is 0 Å². The molecule has 0 aliphatic carbocycles. The molecule has 1 aliphatic heterocycles. The van der Waals surface area contributed by atoms with E-state index in [1.807, 2.05) is 13.0 Å². The SMILES string of the molecule is COc1cc([N-]S(=O)(=O)c2cc(Br)cc3c2N(C(C)=O)C(C)C3)cc(OC)c1. The molecule has 3 rings (SSSR count). The van der Waals surface area contributed by atoms with Crippen molar-refractivity contribution in [1.82, 2.24) is 0 Å². The third-order valence-electron chi connectivity index (χ3n) is 4.49. The van der Waals surface area contributed by atoms with Crippen molar-refractivity contribution in [3.05, 3.63) is 45.1 Å². The molecule has 0 fully saturated rings. The zero-order valence-electron chi connectivity index (χ0n) is 15.9. The molecule has 9 heteroatoms. The van der Waals surface area contributed by atoms with Crippen LogP contribution in [-0.2, 0) is 21.2 Å². The number of carbonyl (C=O) groups excluding carboxylic acids is 1. The summed E-state index contributed by atoms with van der Waals surface area (Å²) < 4.78 is 41.3. The summed E-state index contributed by atoms with van der Waals surface area (Å²) in [6.45, 7) is 3.31. The van der Waals surface area contributed by atoms with Crippen molar-refractivity contribution >= 4 is 43.2 Å². The number of sulfonamides is 1. The highest BCUT2D eigenvalue weighted by molar-refractivity contribution is 9.10. The lowest BCUT2D eigenvalue weighted by Gasteiger charge is -2.28. The van der Waals surface area contributed by atoms with Crippen LogP contribution in [-0.4, -0.2) is 34.6 Å². The van der Waals surface area contributed by atoms with E-state index in [0.29, 0.717) is 28.1 Å². The van der Waals surface area contributed by atoms with Crippen molar-refractivity contribution in [1.29, 1.82) is 0 Å². The van der Waals surface area contributed by atoms with Crippen LogP contribution in [0.3, 0.4) is 0 Å². The Morgan fingerprint density at radius 3 is 2.29 bits per heavy atom. The number of hydrogen-bond donors (Lipinski definition) is 0. The molecule has 0 spiro atoms. The number of ether oxygens (including phenoxy) is 2. The highest BCUT2D eigenvalue weighted by atomic mass is 79.9. The van der Waals surface area contributed by atoms with Gasteiger partial charge in [-0.15, -0.1) is 5.69 Å². The van der Waals surface area contributed by atoms with Crippen LogP contribution in [0.25, 0.3) is 4.72 Å². The van der Waals surface area contributed by atoms with Crippen LogP contribution in [0.15, 0.2) is 39.7 Å². The molecule has 0 saturated carbocycles. The fraction of sp³-hybridized carbons (Fsp3) is 0.316. The van der Waals surface area contributed by atoms with Gasteiger partial charge in [0.15, 0.2) is 0 Å². The first kappa shape index (κ1) is 20.5. The summed E-state index contributed by atoms with van der Waals surface area (Å²) in [7, 11) is -1.17. The van der Waals surface area contributed by atoms with Gasteiger partial charge in [0.1, 0.15) is 21.5 Å².